The van der Waals surface area contributed by atoms with Gasteiger partial charge in [-0.25, -0.2) is 9.37 Å². The average molecular weight is 562 g/mol. The number of para-hydroxylation sites is 2. The van der Waals surface area contributed by atoms with Crippen molar-refractivity contribution in [1.29, 1.82) is 0 Å². The third kappa shape index (κ3) is 6.66. The predicted octanol–water partition coefficient (Wildman–Crippen LogP) is 4.33. The number of benzene rings is 2. The molecule has 0 saturated carbocycles. The molecule has 3 heterocycles. The number of amides is 2. The second-order valence-electron chi connectivity index (χ2n) is 10.5. The number of nitrogens with two attached hydrogens (primary N) is 1. The number of nitrogens with one attached hydrogen (secondary N) is 1. The summed E-state index contributed by atoms with van der Waals surface area (Å²) in [5, 5.41) is 2.72. The van der Waals surface area contributed by atoms with E-state index in [0.29, 0.717) is 19.7 Å². The molecule has 0 radical (unpaired) electrons. The third-order valence-electron chi connectivity index (χ3n) is 7.48. The van der Waals surface area contributed by atoms with Gasteiger partial charge in [0.2, 0.25) is 5.91 Å². The second kappa shape index (κ2) is 13.1. The summed E-state index contributed by atoms with van der Waals surface area (Å²) < 4.78 is 27.1. The number of carbonyl (C=O) groups is 2. The Morgan fingerprint density at radius 3 is 2.80 bits per heavy atom. The molecule has 4 aromatic rings. The number of fused-ring (bicyclic) bond motifs is 1. The molecule has 5 rings (SSSR count). The summed E-state index contributed by atoms with van der Waals surface area (Å²) in [6, 6.07) is 16.8. The van der Waals surface area contributed by atoms with Gasteiger partial charge in [-0.2, -0.15) is 0 Å². The van der Waals surface area contributed by atoms with E-state index in [1.807, 2.05) is 23.1 Å². The maximum Gasteiger partial charge on any atom is 0.287 e. The largest absolute Gasteiger partial charge is 0.451 e. The van der Waals surface area contributed by atoms with Crippen molar-refractivity contribution in [2.75, 3.05) is 33.4 Å². The molecule has 2 atom stereocenters. The van der Waals surface area contributed by atoms with Gasteiger partial charge in [0.25, 0.3) is 5.91 Å². The van der Waals surface area contributed by atoms with Crippen LogP contribution in [0, 0.1) is 5.82 Å². The highest BCUT2D eigenvalue weighted by atomic mass is 19.1. The number of imidazole rings is 1. The molecule has 216 valence electrons. The molecular formula is C31H36FN5O4. The molecule has 41 heavy (non-hydrogen) atoms. The van der Waals surface area contributed by atoms with E-state index in [1.165, 1.54) is 12.1 Å². The van der Waals surface area contributed by atoms with E-state index in [0.717, 1.165) is 42.7 Å². The predicted molar refractivity (Wildman–Crippen MR) is 154 cm³/mol. The van der Waals surface area contributed by atoms with Crippen molar-refractivity contribution in [1.82, 2.24) is 19.8 Å². The van der Waals surface area contributed by atoms with Crippen LogP contribution in [0.5, 0.6) is 0 Å². The van der Waals surface area contributed by atoms with Gasteiger partial charge in [-0.3, -0.25) is 9.59 Å². The minimum atomic E-state index is -0.563. The molecule has 10 heteroatoms. The highest BCUT2D eigenvalue weighted by Crippen LogP contribution is 2.30. The summed E-state index contributed by atoms with van der Waals surface area (Å²) >= 11 is 0. The molecule has 2 aromatic heterocycles. The first kappa shape index (κ1) is 28.5. The first-order valence-corrected chi connectivity index (χ1v) is 14.0. The lowest BCUT2D eigenvalue weighted by molar-refractivity contribution is -0.132. The van der Waals surface area contributed by atoms with Crippen LogP contribution in [0.1, 0.15) is 48.0 Å². The van der Waals surface area contributed by atoms with Crippen LogP contribution < -0.4 is 11.1 Å². The van der Waals surface area contributed by atoms with Crippen LogP contribution in [0.15, 0.2) is 65.1 Å². The van der Waals surface area contributed by atoms with Crippen molar-refractivity contribution in [3.05, 3.63) is 78.1 Å². The maximum atomic E-state index is 14.0. The monoisotopic (exact) mass is 561 g/mol. The zero-order valence-electron chi connectivity index (χ0n) is 23.2. The van der Waals surface area contributed by atoms with E-state index in [9.17, 15) is 14.0 Å². The van der Waals surface area contributed by atoms with Crippen molar-refractivity contribution >= 4 is 22.8 Å². The lowest BCUT2D eigenvalue weighted by Crippen LogP contribution is -2.45. The Kier molecular flexibility index (Phi) is 9.11. The molecule has 3 N–H and O–H groups in total. The molecule has 1 fully saturated rings. The third-order valence-corrected chi connectivity index (χ3v) is 7.48. The number of hydrogen-bond donors (Lipinski definition) is 2. The first-order chi connectivity index (χ1) is 19.9. The Hall–Kier alpha value is -4.02. The SMILES string of the molecule is COCCCn1c(C2CCCN(C(=O)CC(N)CNC(=O)c3ccc(-c4ccccc4F)o3)C2)nc2ccccc21. The summed E-state index contributed by atoms with van der Waals surface area (Å²) in [7, 11) is 1.70. The zero-order chi connectivity index (χ0) is 28.8. The second-order valence-corrected chi connectivity index (χ2v) is 10.5. The quantitative estimate of drug-likeness (QED) is 0.264. The van der Waals surface area contributed by atoms with Crippen LogP contribution in [-0.2, 0) is 16.1 Å². The Labute approximate surface area is 238 Å². The minimum absolute atomic E-state index is 0.0432. The molecule has 1 aliphatic rings. The maximum absolute atomic E-state index is 14.0. The Balaban J connectivity index is 1.16. The van der Waals surface area contributed by atoms with Crippen molar-refractivity contribution in [3.63, 3.8) is 0 Å². The van der Waals surface area contributed by atoms with Crippen LogP contribution in [-0.4, -0.2) is 65.7 Å². The number of hydrogen-bond acceptors (Lipinski definition) is 6. The lowest BCUT2D eigenvalue weighted by Gasteiger charge is -2.33. The van der Waals surface area contributed by atoms with Crippen molar-refractivity contribution < 1.29 is 23.1 Å². The van der Waals surface area contributed by atoms with Crippen LogP contribution in [0.4, 0.5) is 4.39 Å². The number of piperidine rings is 1. The van der Waals surface area contributed by atoms with Gasteiger partial charge in [-0.15, -0.1) is 0 Å². The van der Waals surface area contributed by atoms with Gasteiger partial charge in [-0.05, 0) is 55.7 Å². The van der Waals surface area contributed by atoms with E-state index in [2.05, 4.69) is 16.0 Å². The molecular weight excluding hydrogens is 525 g/mol. The van der Waals surface area contributed by atoms with Gasteiger partial charge in [0.1, 0.15) is 17.4 Å². The number of aromatic nitrogens is 2. The van der Waals surface area contributed by atoms with Crippen LogP contribution >= 0.6 is 0 Å². The fourth-order valence-corrected chi connectivity index (χ4v) is 5.42. The minimum Gasteiger partial charge on any atom is -0.451 e. The summed E-state index contributed by atoms with van der Waals surface area (Å²) in [5.74, 6) is 0.497. The summed E-state index contributed by atoms with van der Waals surface area (Å²) in [5.41, 5.74) is 8.57. The Bertz CT molecular complexity index is 1500. The number of carbonyl (C=O) groups excluding carboxylic acids is 2. The highest BCUT2D eigenvalue weighted by molar-refractivity contribution is 5.92. The molecule has 1 aliphatic heterocycles. The number of halogens is 1. The van der Waals surface area contributed by atoms with Gasteiger partial charge in [0.05, 0.1) is 16.6 Å². The Morgan fingerprint density at radius 2 is 1.98 bits per heavy atom. The number of likely N-dealkylation sites (tertiary alicyclic amines) is 1. The fourth-order valence-electron chi connectivity index (χ4n) is 5.42. The van der Waals surface area contributed by atoms with E-state index in [1.54, 1.807) is 31.4 Å². The van der Waals surface area contributed by atoms with Crippen LogP contribution in [0.3, 0.4) is 0 Å². The number of rotatable bonds is 11. The Morgan fingerprint density at radius 1 is 1.17 bits per heavy atom. The summed E-state index contributed by atoms with van der Waals surface area (Å²) in [6.45, 7) is 2.83. The first-order valence-electron chi connectivity index (χ1n) is 14.0. The zero-order valence-corrected chi connectivity index (χ0v) is 23.2. The van der Waals surface area contributed by atoms with E-state index in [-0.39, 0.29) is 41.9 Å². The number of nitrogens with zero attached hydrogens (tertiary/aromatic N) is 3. The molecule has 2 aromatic carbocycles. The summed E-state index contributed by atoms with van der Waals surface area (Å²) in [4.78, 5) is 32.6. The number of ether oxygens (including phenoxy) is 1. The molecule has 1 saturated heterocycles. The molecule has 0 spiro atoms. The van der Waals surface area contributed by atoms with Crippen LogP contribution in [0.2, 0.25) is 0 Å². The molecule has 2 unspecified atom stereocenters. The highest BCUT2D eigenvalue weighted by Gasteiger charge is 2.29. The number of aryl methyl sites for hydroxylation is 1. The van der Waals surface area contributed by atoms with Crippen molar-refractivity contribution in [2.24, 2.45) is 5.73 Å². The van der Waals surface area contributed by atoms with E-state index in [4.69, 9.17) is 19.9 Å². The fraction of sp³-hybridized carbons (Fsp3) is 0.387. The van der Waals surface area contributed by atoms with Crippen LogP contribution in [0.25, 0.3) is 22.4 Å². The smallest absolute Gasteiger partial charge is 0.287 e. The standard InChI is InChI=1S/C31H36FN5O4/c1-40-17-7-16-37-26-12-5-4-11-25(26)35-30(37)21-8-6-15-36(20-21)29(38)18-22(33)19-34-31(39)28-14-13-27(41-28)23-9-2-3-10-24(23)32/h2-5,9-14,21-22H,6-8,15-20,33H2,1H3,(H,34,39). The normalized spacial score (nSPS) is 16.2. The molecule has 9 nitrogen and oxygen atoms in total. The average Bonchev–Trinajstić information content (AvgIpc) is 3.62. The molecule has 0 aliphatic carbocycles. The molecule has 0 bridgehead atoms. The van der Waals surface area contributed by atoms with Crippen molar-refractivity contribution in [2.45, 2.75) is 44.2 Å². The molecule has 2 amide bonds. The lowest BCUT2D eigenvalue weighted by atomic mass is 9.96. The van der Waals surface area contributed by atoms with Gasteiger partial charge >= 0.3 is 0 Å². The van der Waals surface area contributed by atoms with Gasteiger partial charge < -0.3 is 29.7 Å². The van der Waals surface area contributed by atoms with Gasteiger partial charge in [-0.1, -0.05) is 24.3 Å². The summed E-state index contributed by atoms with van der Waals surface area (Å²) in [6.07, 6.45) is 2.82. The van der Waals surface area contributed by atoms with Gasteiger partial charge in [0, 0.05) is 58.3 Å². The van der Waals surface area contributed by atoms with Crippen molar-refractivity contribution in [3.8, 4) is 11.3 Å². The van der Waals surface area contributed by atoms with E-state index < -0.39 is 17.8 Å². The number of methoxy groups -OCH3 is 1. The van der Waals surface area contributed by atoms with Gasteiger partial charge in [0.15, 0.2) is 5.76 Å². The topological polar surface area (TPSA) is 116 Å². The van der Waals surface area contributed by atoms with E-state index >= 15 is 0 Å². The number of furan rings is 1.